The standard InChI is InChI=1S/C15H19FN4O/c1-3-17-15(21)19(2)11-14-18-8-9-20(14)10-12-6-4-5-7-13(12)16/h4-9H,3,10-11H2,1-2H3,(H,17,21). The molecule has 0 aliphatic heterocycles. The van der Waals surface area contributed by atoms with Crippen LogP contribution in [0.4, 0.5) is 9.18 Å². The number of imidazole rings is 1. The van der Waals surface area contributed by atoms with Gasteiger partial charge in [0.1, 0.15) is 11.6 Å². The van der Waals surface area contributed by atoms with Crippen LogP contribution in [0.2, 0.25) is 0 Å². The zero-order chi connectivity index (χ0) is 15.2. The van der Waals surface area contributed by atoms with Crippen LogP contribution in [0.5, 0.6) is 0 Å². The van der Waals surface area contributed by atoms with E-state index in [1.165, 1.54) is 6.07 Å². The Labute approximate surface area is 123 Å². The number of hydrogen-bond acceptors (Lipinski definition) is 2. The molecule has 6 heteroatoms. The van der Waals surface area contributed by atoms with E-state index in [-0.39, 0.29) is 11.8 Å². The van der Waals surface area contributed by atoms with Crippen LogP contribution in [0, 0.1) is 5.82 Å². The van der Waals surface area contributed by atoms with Gasteiger partial charge in [-0.1, -0.05) is 18.2 Å². The summed E-state index contributed by atoms with van der Waals surface area (Å²) in [5, 5.41) is 2.73. The Kier molecular flexibility index (Phi) is 4.92. The highest BCUT2D eigenvalue weighted by molar-refractivity contribution is 5.73. The Morgan fingerprint density at radius 3 is 2.90 bits per heavy atom. The Hall–Kier alpha value is -2.37. The van der Waals surface area contributed by atoms with E-state index in [0.29, 0.717) is 31.0 Å². The molecule has 5 nitrogen and oxygen atoms in total. The first-order valence-electron chi connectivity index (χ1n) is 6.84. The second-order valence-corrected chi connectivity index (χ2v) is 4.75. The van der Waals surface area contributed by atoms with Crippen molar-refractivity contribution in [3.05, 3.63) is 53.9 Å². The predicted octanol–water partition coefficient (Wildman–Crippen LogP) is 2.23. The van der Waals surface area contributed by atoms with Gasteiger partial charge in [-0.15, -0.1) is 0 Å². The van der Waals surface area contributed by atoms with Gasteiger partial charge in [-0.2, -0.15) is 0 Å². The number of nitrogens with zero attached hydrogens (tertiary/aromatic N) is 3. The summed E-state index contributed by atoms with van der Waals surface area (Å²) in [5.74, 6) is 0.473. The Bertz CT molecular complexity index is 611. The van der Waals surface area contributed by atoms with Crippen molar-refractivity contribution >= 4 is 6.03 Å². The summed E-state index contributed by atoms with van der Waals surface area (Å²) in [7, 11) is 1.70. The zero-order valence-electron chi connectivity index (χ0n) is 12.2. The number of halogens is 1. The first kappa shape index (κ1) is 15.0. The summed E-state index contributed by atoms with van der Waals surface area (Å²) in [4.78, 5) is 17.5. The Morgan fingerprint density at radius 2 is 2.19 bits per heavy atom. The molecule has 0 radical (unpaired) electrons. The number of amides is 2. The summed E-state index contributed by atoms with van der Waals surface area (Å²) in [6, 6.07) is 6.49. The van der Waals surface area contributed by atoms with Gasteiger partial charge in [0.15, 0.2) is 0 Å². The highest BCUT2D eigenvalue weighted by Crippen LogP contribution is 2.11. The molecule has 0 fully saturated rings. The normalized spacial score (nSPS) is 10.4. The molecule has 0 bridgehead atoms. The minimum atomic E-state index is -0.241. The second kappa shape index (κ2) is 6.88. The fraction of sp³-hybridized carbons (Fsp3) is 0.333. The van der Waals surface area contributed by atoms with Crippen molar-refractivity contribution in [3.63, 3.8) is 0 Å². The van der Waals surface area contributed by atoms with Gasteiger partial charge in [-0.25, -0.2) is 14.2 Å². The molecular formula is C15H19FN4O. The van der Waals surface area contributed by atoms with Gasteiger partial charge in [-0.3, -0.25) is 0 Å². The smallest absolute Gasteiger partial charge is 0.317 e. The van der Waals surface area contributed by atoms with E-state index in [4.69, 9.17) is 0 Å². The van der Waals surface area contributed by atoms with E-state index in [1.807, 2.05) is 11.5 Å². The van der Waals surface area contributed by atoms with Crippen molar-refractivity contribution in [2.75, 3.05) is 13.6 Å². The number of benzene rings is 1. The van der Waals surface area contributed by atoms with E-state index in [0.717, 1.165) is 0 Å². The molecule has 0 unspecified atom stereocenters. The maximum Gasteiger partial charge on any atom is 0.317 e. The van der Waals surface area contributed by atoms with Crippen LogP contribution in [0.1, 0.15) is 18.3 Å². The fourth-order valence-corrected chi connectivity index (χ4v) is 2.02. The number of urea groups is 1. The summed E-state index contributed by atoms with van der Waals surface area (Å²) in [6.45, 7) is 3.20. The molecule has 0 spiro atoms. The van der Waals surface area contributed by atoms with Crippen LogP contribution in [0.3, 0.4) is 0 Å². The molecule has 1 aromatic carbocycles. The molecule has 0 saturated heterocycles. The number of carbonyl (C=O) groups is 1. The van der Waals surface area contributed by atoms with Gasteiger partial charge < -0.3 is 14.8 Å². The monoisotopic (exact) mass is 290 g/mol. The minimum absolute atomic E-state index is 0.155. The van der Waals surface area contributed by atoms with Gasteiger partial charge in [0.05, 0.1) is 13.1 Å². The van der Waals surface area contributed by atoms with Crippen LogP contribution in [0.15, 0.2) is 36.7 Å². The van der Waals surface area contributed by atoms with Crippen molar-refractivity contribution in [3.8, 4) is 0 Å². The van der Waals surface area contributed by atoms with Crippen molar-refractivity contribution in [1.29, 1.82) is 0 Å². The molecular weight excluding hydrogens is 271 g/mol. The molecule has 0 aliphatic carbocycles. The summed E-state index contributed by atoms with van der Waals surface area (Å²) in [5.41, 5.74) is 0.595. The summed E-state index contributed by atoms with van der Waals surface area (Å²) < 4.78 is 15.5. The van der Waals surface area contributed by atoms with Crippen molar-refractivity contribution < 1.29 is 9.18 Å². The molecule has 0 aliphatic rings. The number of aromatic nitrogens is 2. The highest BCUT2D eigenvalue weighted by Gasteiger charge is 2.12. The van der Waals surface area contributed by atoms with Crippen LogP contribution >= 0.6 is 0 Å². The average Bonchev–Trinajstić information content (AvgIpc) is 2.89. The predicted molar refractivity (Wildman–Crippen MR) is 78.3 cm³/mol. The lowest BCUT2D eigenvalue weighted by atomic mass is 10.2. The SMILES string of the molecule is CCNC(=O)N(C)Cc1nccn1Cc1ccccc1F. The van der Waals surface area contributed by atoms with Crippen LogP contribution in [-0.4, -0.2) is 34.1 Å². The summed E-state index contributed by atoms with van der Waals surface area (Å²) >= 11 is 0. The van der Waals surface area contributed by atoms with Crippen LogP contribution in [0.25, 0.3) is 0 Å². The molecule has 112 valence electrons. The Morgan fingerprint density at radius 1 is 1.43 bits per heavy atom. The number of carbonyl (C=O) groups excluding carboxylic acids is 1. The third-order valence-corrected chi connectivity index (χ3v) is 3.15. The van der Waals surface area contributed by atoms with Crippen LogP contribution in [-0.2, 0) is 13.1 Å². The highest BCUT2D eigenvalue weighted by atomic mass is 19.1. The maximum atomic E-state index is 13.7. The maximum absolute atomic E-state index is 13.7. The zero-order valence-corrected chi connectivity index (χ0v) is 12.2. The summed E-state index contributed by atoms with van der Waals surface area (Å²) in [6.07, 6.45) is 3.44. The number of rotatable bonds is 5. The van der Waals surface area contributed by atoms with Crippen molar-refractivity contribution in [1.82, 2.24) is 19.8 Å². The van der Waals surface area contributed by atoms with Gasteiger partial charge in [0.2, 0.25) is 0 Å². The molecule has 1 heterocycles. The molecule has 0 atom stereocenters. The molecule has 1 aromatic heterocycles. The van der Waals surface area contributed by atoms with E-state index >= 15 is 0 Å². The molecule has 2 aromatic rings. The molecule has 21 heavy (non-hydrogen) atoms. The fourth-order valence-electron chi connectivity index (χ4n) is 2.02. The Balaban J connectivity index is 2.09. The topological polar surface area (TPSA) is 50.2 Å². The largest absolute Gasteiger partial charge is 0.338 e. The van der Waals surface area contributed by atoms with Crippen molar-refractivity contribution in [2.45, 2.75) is 20.0 Å². The molecule has 1 N–H and O–H groups in total. The number of hydrogen-bond donors (Lipinski definition) is 1. The first-order chi connectivity index (χ1) is 10.1. The second-order valence-electron chi connectivity index (χ2n) is 4.75. The van der Waals surface area contributed by atoms with Gasteiger partial charge in [-0.05, 0) is 13.0 Å². The van der Waals surface area contributed by atoms with E-state index in [1.54, 1.807) is 42.5 Å². The molecule has 0 saturated carbocycles. The van der Waals surface area contributed by atoms with Crippen molar-refractivity contribution in [2.24, 2.45) is 0 Å². The third-order valence-electron chi connectivity index (χ3n) is 3.15. The van der Waals surface area contributed by atoms with E-state index in [9.17, 15) is 9.18 Å². The lowest BCUT2D eigenvalue weighted by molar-refractivity contribution is 0.206. The molecule has 2 rings (SSSR count). The lowest BCUT2D eigenvalue weighted by Gasteiger charge is -2.18. The first-order valence-corrected chi connectivity index (χ1v) is 6.84. The molecule has 2 amide bonds. The minimum Gasteiger partial charge on any atom is -0.338 e. The van der Waals surface area contributed by atoms with E-state index in [2.05, 4.69) is 10.3 Å². The average molecular weight is 290 g/mol. The van der Waals surface area contributed by atoms with E-state index < -0.39 is 0 Å². The quantitative estimate of drug-likeness (QED) is 0.918. The third kappa shape index (κ3) is 3.81. The van der Waals surface area contributed by atoms with Gasteiger partial charge in [0.25, 0.3) is 0 Å². The van der Waals surface area contributed by atoms with Gasteiger partial charge in [0, 0.05) is 31.5 Å². The van der Waals surface area contributed by atoms with Gasteiger partial charge >= 0.3 is 6.03 Å². The van der Waals surface area contributed by atoms with Crippen LogP contribution < -0.4 is 5.32 Å². The number of nitrogens with one attached hydrogen (secondary N) is 1. The lowest BCUT2D eigenvalue weighted by Crippen LogP contribution is -2.37.